The fourth-order valence-corrected chi connectivity index (χ4v) is 0.893. The van der Waals surface area contributed by atoms with E-state index < -0.39 is 5.37 Å². The largest absolute Gasteiger partial charge is 0.380 e. The van der Waals surface area contributed by atoms with Crippen LogP contribution in [0.3, 0.4) is 0 Å². The summed E-state index contributed by atoms with van der Waals surface area (Å²) in [7, 11) is 0. The quantitative estimate of drug-likeness (QED) is 0.365. The molecule has 1 amide bonds. The van der Waals surface area contributed by atoms with Crippen LogP contribution < -0.4 is 0 Å². The summed E-state index contributed by atoms with van der Waals surface area (Å²) < 4.78 is 5.06. The first kappa shape index (κ1) is 10.7. The van der Waals surface area contributed by atoms with Gasteiger partial charge in [0.2, 0.25) is 0 Å². The molecule has 11 heavy (non-hydrogen) atoms. The highest BCUT2D eigenvalue weighted by Crippen LogP contribution is 1.95. The maximum atomic E-state index is 10.6. The van der Waals surface area contributed by atoms with Crippen LogP contribution in [0, 0.1) is 0 Å². The van der Waals surface area contributed by atoms with E-state index in [4.69, 9.17) is 16.3 Å². The number of likely N-dealkylation sites (N-methyl/N-ethyl adjacent to an activating group) is 1. The molecule has 3 nitrogen and oxygen atoms in total. The Balaban J connectivity index is 3.44. The van der Waals surface area contributed by atoms with Crippen LogP contribution in [-0.4, -0.2) is 36.6 Å². The Hall–Kier alpha value is -0.280. The summed E-state index contributed by atoms with van der Waals surface area (Å²) in [5.41, 5.74) is 0. The lowest BCUT2D eigenvalue weighted by Gasteiger charge is -2.16. The van der Waals surface area contributed by atoms with Crippen molar-refractivity contribution < 1.29 is 9.53 Å². The van der Waals surface area contributed by atoms with Crippen LogP contribution in [0.1, 0.15) is 13.8 Å². The van der Waals surface area contributed by atoms with Crippen LogP contribution in [0.25, 0.3) is 0 Å². The number of hydrogen-bond donors (Lipinski definition) is 0. The molecule has 0 atom stereocenters. The number of amides is 1. The summed E-state index contributed by atoms with van der Waals surface area (Å²) in [5, 5.41) is -0.410. The normalized spacial score (nSPS) is 9.73. The van der Waals surface area contributed by atoms with Crippen molar-refractivity contribution >= 4 is 17.0 Å². The zero-order valence-corrected chi connectivity index (χ0v) is 7.73. The molecule has 0 rings (SSSR count). The molecule has 0 aromatic heterocycles. The third kappa shape index (κ3) is 5.04. The van der Waals surface area contributed by atoms with E-state index in [9.17, 15) is 4.79 Å². The Morgan fingerprint density at radius 1 is 1.55 bits per heavy atom. The second kappa shape index (κ2) is 6.43. The molecule has 0 fully saturated rings. The minimum absolute atomic E-state index is 0.410. The van der Waals surface area contributed by atoms with Crippen molar-refractivity contribution in [3.05, 3.63) is 0 Å². The lowest BCUT2D eigenvalue weighted by Crippen LogP contribution is -2.29. The van der Waals surface area contributed by atoms with Gasteiger partial charge in [-0.05, 0) is 25.4 Å². The molecular formula is C7H14ClNO2. The van der Waals surface area contributed by atoms with Gasteiger partial charge in [0.25, 0.3) is 0 Å². The molecule has 0 bridgehead atoms. The van der Waals surface area contributed by atoms with Crippen LogP contribution in [0.2, 0.25) is 0 Å². The summed E-state index contributed by atoms with van der Waals surface area (Å²) in [6, 6.07) is 0. The average Bonchev–Trinajstić information content (AvgIpc) is 1.97. The van der Waals surface area contributed by atoms with Crippen molar-refractivity contribution in [3.63, 3.8) is 0 Å². The molecular weight excluding hydrogens is 166 g/mol. The molecule has 0 saturated carbocycles. The van der Waals surface area contributed by atoms with Gasteiger partial charge in [-0.3, -0.25) is 4.79 Å². The van der Waals surface area contributed by atoms with E-state index in [1.807, 2.05) is 13.8 Å². The van der Waals surface area contributed by atoms with E-state index in [1.54, 1.807) is 0 Å². The van der Waals surface area contributed by atoms with Crippen LogP contribution in [0.4, 0.5) is 4.79 Å². The smallest absolute Gasteiger partial charge is 0.316 e. The number of ether oxygens (including phenoxy) is 1. The van der Waals surface area contributed by atoms with E-state index in [0.29, 0.717) is 26.3 Å². The molecule has 66 valence electrons. The summed E-state index contributed by atoms with van der Waals surface area (Å²) >= 11 is 5.25. The Morgan fingerprint density at radius 3 is 2.55 bits per heavy atom. The summed E-state index contributed by atoms with van der Waals surface area (Å²) in [6.07, 6.45) is 0. The molecule has 0 aliphatic carbocycles. The van der Waals surface area contributed by atoms with Gasteiger partial charge in [0.05, 0.1) is 6.61 Å². The average molecular weight is 180 g/mol. The molecule has 0 N–H and O–H groups in total. The number of nitrogens with zero attached hydrogens (tertiary/aromatic N) is 1. The Kier molecular flexibility index (Phi) is 6.27. The van der Waals surface area contributed by atoms with Gasteiger partial charge in [-0.1, -0.05) is 0 Å². The van der Waals surface area contributed by atoms with E-state index >= 15 is 0 Å². The highest BCUT2D eigenvalue weighted by molar-refractivity contribution is 6.62. The molecule has 0 aliphatic heterocycles. The van der Waals surface area contributed by atoms with Gasteiger partial charge in [-0.25, -0.2) is 0 Å². The first-order chi connectivity index (χ1) is 5.22. The molecule has 0 unspecified atom stereocenters. The number of carbonyl (C=O) groups excluding carboxylic acids is 1. The zero-order valence-electron chi connectivity index (χ0n) is 6.97. The molecule has 0 spiro atoms. The monoisotopic (exact) mass is 179 g/mol. The van der Waals surface area contributed by atoms with E-state index in [-0.39, 0.29) is 0 Å². The highest BCUT2D eigenvalue weighted by Gasteiger charge is 2.06. The SMILES string of the molecule is CCOCCN(CC)C(=O)Cl. The highest BCUT2D eigenvalue weighted by atomic mass is 35.5. The first-order valence-electron chi connectivity index (χ1n) is 3.74. The van der Waals surface area contributed by atoms with Crippen LogP contribution in [-0.2, 0) is 4.74 Å². The van der Waals surface area contributed by atoms with Crippen molar-refractivity contribution in [2.75, 3.05) is 26.3 Å². The third-order valence-corrected chi connectivity index (χ3v) is 1.58. The van der Waals surface area contributed by atoms with Crippen molar-refractivity contribution in [2.45, 2.75) is 13.8 Å². The van der Waals surface area contributed by atoms with E-state index in [2.05, 4.69) is 0 Å². The minimum atomic E-state index is -0.410. The molecule has 0 aromatic rings. The van der Waals surface area contributed by atoms with E-state index in [1.165, 1.54) is 4.90 Å². The van der Waals surface area contributed by atoms with E-state index in [0.717, 1.165) is 0 Å². The van der Waals surface area contributed by atoms with Crippen LogP contribution in [0.5, 0.6) is 0 Å². The number of carbonyl (C=O) groups is 1. The topological polar surface area (TPSA) is 29.5 Å². The zero-order chi connectivity index (χ0) is 8.69. The minimum Gasteiger partial charge on any atom is -0.380 e. The molecule has 0 saturated heterocycles. The molecule has 0 heterocycles. The fourth-order valence-electron chi connectivity index (χ4n) is 0.689. The van der Waals surface area contributed by atoms with Gasteiger partial charge < -0.3 is 9.64 Å². The molecule has 0 radical (unpaired) electrons. The Labute approximate surface area is 72.3 Å². The predicted octanol–water partition coefficient (Wildman–Crippen LogP) is 1.70. The number of halogens is 1. The number of hydrogen-bond acceptors (Lipinski definition) is 2. The third-order valence-electron chi connectivity index (χ3n) is 1.34. The van der Waals surface area contributed by atoms with Gasteiger partial charge in [0, 0.05) is 19.7 Å². The van der Waals surface area contributed by atoms with Crippen molar-refractivity contribution in [1.29, 1.82) is 0 Å². The lowest BCUT2D eigenvalue weighted by molar-refractivity contribution is 0.125. The van der Waals surface area contributed by atoms with Gasteiger partial charge in [-0.2, -0.15) is 0 Å². The predicted molar refractivity (Wildman–Crippen MR) is 45.0 cm³/mol. The maximum absolute atomic E-state index is 10.6. The molecule has 0 aliphatic rings. The Bertz CT molecular complexity index is 119. The second-order valence-corrected chi connectivity index (χ2v) is 2.35. The number of rotatable bonds is 5. The Morgan fingerprint density at radius 2 is 2.18 bits per heavy atom. The maximum Gasteiger partial charge on any atom is 0.316 e. The molecule has 0 aromatic carbocycles. The van der Waals surface area contributed by atoms with Crippen LogP contribution in [0.15, 0.2) is 0 Å². The summed E-state index contributed by atoms with van der Waals surface area (Å²) in [6.45, 7) is 6.24. The van der Waals surface area contributed by atoms with Crippen molar-refractivity contribution in [1.82, 2.24) is 4.90 Å². The van der Waals surface area contributed by atoms with Crippen LogP contribution >= 0.6 is 11.6 Å². The van der Waals surface area contributed by atoms with Crippen molar-refractivity contribution in [3.8, 4) is 0 Å². The lowest BCUT2D eigenvalue weighted by atomic mass is 10.5. The summed E-state index contributed by atoms with van der Waals surface area (Å²) in [4.78, 5) is 12.1. The molecule has 4 heteroatoms. The standard InChI is InChI=1S/C7H14ClNO2/c1-3-9(7(8)10)5-6-11-4-2/h3-6H2,1-2H3. The summed E-state index contributed by atoms with van der Waals surface area (Å²) in [5.74, 6) is 0. The van der Waals surface area contributed by atoms with Gasteiger partial charge >= 0.3 is 5.37 Å². The van der Waals surface area contributed by atoms with Gasteiger partial charge in [0.1, 0.15) is 0 Å². The fraction of sp³-hybridized carbons (Fsp3) is 0.857. The van der Waals surface area contributed by atoms with Gasteiger partial charge in [0.15, 0.2) is 0 Å². The van der Waals surface area contributed by atoms with Crippen molar-refractivity contribution in [2.24, 2.45) is 0 Å². The second-order valence-electron chi connectivity index (χ2n) is 2.03. The first-order valence-corrected chi connectivity index (χ1v) is 4.12. The van der Waals surface area contributed by atoms with Gasteiger partial charge in [-0.15, -0.1) is 0 Å².